The highest BCUT2D eigenvalue weighted by Gasteiger charge is 2.20. The van der Waals surface area contributed by atoms with Gasteiger partial charge in [-0.05, 0) is 77.7 Å². The lowest BCUT2D eigenvalue weighted by Gasteiger charge is -2.34. The molecule has 0 bridgehead atoms. The molecular weight excluding hydrogens is 705 g/mol. The van der Waals surface area contributed by atoms with Crippen molar-refractivity contribution in [2.24, 2.45) is 0 Å². The summed E-state index contributed by atoms with van der Waals surface area (Å²) >= 11 is 18.9. The monoisotopic (exact) mass is 741 g/mol. The first-order valence-corrected chi connectivity index (χ1v) is 17.9. The number of benzene rings is 4. The van der Waals surface area contributed by atoms with E-state index in [1.807, 2.05) is 66.4 Å². The van der Waals surface area contributed by atoms with Crippen molar-refractivity contribution in [3.05, 3.63) is 152 Å². The molecule has 2 heterocycles. The van der Waals surface area contributed by atoms with Crippen molar-refractivity contribution < 1.29 is 19.0 Å². The van der Waals surface area contributed by atoms with E-state index in [1.54, 1.807) is 36.5 Å². The molecule has 0 radical (unpaired) electrons. The summed E-state index contributed by atoms with van der Waals surface area (Å²) in [4.78, 5) is 21.7. The largest absolute Gasteiger partial charge is 0.493 e. The molecular formula is C41H38Cl3N3O4. The third-order valence-electron chi connectivity index (χ3n) is 8.51. The summed E-state index contributed by atoms with van der Waals surface area (Å²) in [6.07, 6.45) is 5.82. The van der Waals surface area contributed by atoms with E-state index in [0.717, 1.165) is 48.5 Å². The Morgan fingerprint density at radius 3 is 2.31 bits per heavy atom. The zero-order valence-corrected chi connectivity index (χ0v) is 30.5. The quantitative estimate of drug-likeness (QED) is 0.112. The van der Waals surface area contributed by atoms with Crippen LogP contribution in [0.5, 0.6) is 23.1 Å². The lowest BCUT2D eigenvalue weighted by Crippen LogP contribution is -2.47. The van der Waals surface area contributed by atoms with E-state index < -0.39 is 0 Å². The Hall–Kier alpha value is -4.53. The summed E-state index contributed by atoms with van der Waals surface area (Å²) < 4.78 is 17.6. The van der Waals surface area contributed by atoms with E-state index in [4.69, 9.17) is 49.0 Å². The SMILES string of the molecule is Cc1cc(/C=C/C(=O)N2CCN(Cc3ccc(CCOc4cccc(Cl)c4)cc3)CC2)cc(Cl)c1Oc1ccc(OCc2ccccc2Cl)cn1. The number of hydrogen-bond donors (Lipinski definition) is 0. The molecule has 0 atom stereocenters. The summed E-state index contributed by atoms with van der Waals surface area (Å²) in [5, 5.41) is 1.75. The van der Waals surface area contributed by atoms with Gasteiger partial charge in [0.1, 0.15) is 18.1 Å². The predicted molar refractivity (Wildman–Crippen MR) is 204 cm³/mol. The molecule has 262 valence electrons. The Morgan fingerprint density at radius 1 is 0.804 bits per heavy atom. The number of nitrogens with zero attached hydrogens (tertiary/aromatic N) is 3. The molecule has 0 N–H and O–H groups in total. The minimum atomic E-state index is -0.0193. The Bertz CT molecular complexity index is 1940. The third kappa shape index (κ3) is 10.5. The van der Waals surface area contributed by atoms with Gasteiger partial charge in [-0.1, -0.05) is 83.3 Å². The van der Waals surface area contributed by atoms with Gasteiger partial charge in [0.05, 0.1) is 17.8 Å². The van der Waals surface area contributed by atoms with Gasteiger partial charge >= 0.3 is 0 Å². The molecule has 7 nitrogen and oxygen atoms in total. The van der Waals surface area contributed by atoms with E-state index in [0.29, 0.717) is 58.8 Å². The predicted octanol–water partition coefficient (Wildman–Crippen LogP) is 9.70. The Balaban J connectivity index is 0.937. The number of aromatic nitrogens is 1. The molecule has 1 aromatic heterocycles. The molecule has 0 saturated carbocycles. The van der Waals surface area contributed by atoms with Crippen molar-refractivity contribution in [3.8, 4) is 23.1 Å². The van der Waals surface area contributed by atoms with E-state index in [1.165, 1.54) is 11.1 Å². The number of carbonyl (C=O) groups is 1. The highest BCUT2D eigenvalue weighted by Crippen LogP contribution is 2.34. The van der Waals surface area contributed by atoms with Crippen molar-refractivity contribution in [3.63, 3.8) is 0 Å². The second-order valence-corrected chi connectivity index (χ2v) is 13.5. The first kappa shape index (κ1) is 36.3. The Morgan fingerprint density at radius 2 is 1.59 bits per heavy atom. The molecule has 5 aromatic rings. The number of piperazine rings is 1. The smallest absolute Gasteiger partial charge is 0.246 e. The highest BCUT2D eigenvalue weighted by molar-refractivity contribution is 6.32. The van der Waals surface area contributed by atoms with Crippen LogP contribution >= 0.6 is 34.8 Å². The minimum Gasteiger partial charge on any atom is -0.493 e. The molecule has 0 aliphatic carbocycles. The lowest BCUT2D eigenvalue weighted by atomic mass is 10.1. The van der Waals surface area contributed by atoms with Gasteiger partial charge in [-0.3, -0.25) is 9.69 Å². The van der Waals surface area contributed by atoms with Crippen LogP contribution < -0.4 is 14.2 Å². The minimum absolute atomic E-state index is 0.0193. The van der Waals surface area contributed by atoms with Crippen molar-refractivity contribution >= 4 is 46.8 Å². The van der Waals surface area contributed by atoms with E-state index in [2.05, 4.69) is 34.1 Å². The molecule has 0 unspecified atom stereocenters. The summed E-state index contributed by atoms with van der Waals surface area (Å²) in [6, 6.07) is 30.9. The zero-order valence-electron chi connectivity index (χ0n) is 28.2. The van der Waals surface area contributed by atoms with E-state index >= 15 is 0 Å². The lowest BCUT2D eigenvalue weighted by molar-refractivity contribution is -0.127. The molecule has 1 amide bonds. The number of hydrogen-bond acceptors (Lipinski definition) is 6. The number of pyridine rings is 1. The second-order valence-electron chi connectivity index (χ2n) is 12.3. The molecule has 4 aromatic carbocycles. The van der Waals surface area contributed by atoms with Gasteiger partial charge in [0.2, 0.25) is 11.8 Å². The van der Waals surface area contributed by atoms with E-state index in [9.17, 15) is 4.79 Å². The van der Waals surface area contributed by atoms with Gasteiger partial charge < -0.3 is 19.1 Å². The number of amides is 1. The van der Waals surface area contributed by atoms with Gasteiger partial charge in [0, 0.05) is 66.9 Å². The maximum absolute atomic E-state index is 13.0. The van der Waals surface area contributed by atoms with Gasteiger partial charge in [0.15, 0.2) is 5.75 Å². The van der Waals surface area contributed by atoms with Crippen LogP contribution in [0, 0.1) is 6.92 Å². The van der Waals surface area contributed by atoms with Crippen LogP contribution in [-0.4, -0.2) is 53.5 Å². The highest BCUT2D eigenvalue weighted by atomic mass is 35.5. The number of halogens is 3. The fourth-order valence-electron chi connectivity index (χ4n) is 5.69. The zero-order chi connectivity index (χ0) is 35.6. The van der Waals surface area contributed by atoms with Crippen LogP contribution in [0.4, 0.5) is 0 Å². The van der Waals surface area contributed by atoms with Crippen LogP contribution in [0.15, 0.2) is 109 Å². The topological polar surface area (TPSA) is 64.1 Å². The fourth-order valence-corrected chi connectivity index (χ4v) is 6.37. The molecule has 10 heteroatoms. The number of aryl methyl sites for hydroxylation is 1. The maximum atomic E-state index is 13.0. The first-order chi connectivity index (χ1) is 24.8. The van der Waals surface area contributed by atoms with Crippen LogP contribution in [0.1, 0.15) is 27.8 Å². The number of rotatable bonds is 13. The normalized spacial score (nSPS) is 13.4. The standard InChI is InChI=1S/C41H38Cl3N3O4/c1-29-23-32(24-38(44)41(29)51-39-15-14-36(26-45-39)50-28-33-5-2-3-8-37(33)43)13-16-40(48)47-20-18-46(19-21-47)27-31-11-9-30(10-12-31)17-22-49-35-7-4-6-34(42)25-35/h2-16,23-26H,17-22,27-28H2,1H3/b16-13+. The molecule has 1 fully saturated rings. The number of ether oxygens (including phenoxy) is 3. The van der Waals surface area contributed by atoms with Gasteiger partial charge in [0.25, 0.3) is 0 Å². The average Bonchev–Trinajstić information content (AvgIpc) is 3.13. The fraction of sp³-hybridized carbons (Fsp3) is 0.220. The van der Waals surface area contributed by atoms with Gasteiger partial charge in [-0.25, -0.2) is 4.98 Å². The van der Waals surface area contributed by atoms with Crippen molar-refractivity contribution in [1.29, 1.82) is 0 Å². The maximum Gasteiger partial charge on any atom is 0.246 e. The summed E-state index contributed by atoms with van der Waals surface area (Å²) in [5.74, 6) is 2.24. The van der Waals surface area contributed by atoms with Crippen molar-refractivity contribution in [2.75, 3.05) is 32.8 Å². The van der Waals surface area contributed by atoms with Gasteiger partial charge in [-0.2, -0.15) is 0 Å². The van der Waals surface area contributed by atoms with Crippen LogP contribution in [0.3, 0.4) is 0 Å². The molecule has 51 heavy (non-hydrogen) atoms. The van der Waals surface area contributed by atoms with E-state index in [-0.39, 0.29) is 5.91 Å². The Labute approximate surface area is 313 Å². The van der Waals surface area contributed by atoms with Crippen LogP contribution in [0.25, 0.3) is 6.08 Å². The summed E-state index contributed by atoms with van der Waals surface area (Å²) in [5.41, 5.74) is 5.00. The summed E-state index contributed by atoms with van der Waals surface area (Å²) in [7, 11) is 0. The van der Waals surface area contributed by atoms with Crippen molar-refractivity contribution in [1.82, 2.24) is 14.8 Å². The summed E-state index contributed by atoms with van der Waals surface area (Å²) in [6.45, 7) is 6.65. The third-order valence-corrected chi connectivity index (χ3v) is 9.39. The average molecular weight is 743 g/mol. The number of carbonyl (C=O) groups excluding carboxylic acids is 1. The molecule has 0 spiro atoms. The Kier molecular flexibility index (Phi) is 12.5. The molecule has 1 aliphatic heterocycles. The molecule has 1 saturated heterocycles. The van der Waals surface area contributed by atoms with Crippen molar-refractivity contribution in [2.45, 2.75) is 26.5 Å². The molecule has 6 rings (SSSR count). The van der Waals surface area contributed by atoms with Crippen LogP contribution in [0.2, 0.25) is 15.1 Å². The molecule has 1 aliphatic rings. The van der Waals surface area contributed by atoms with Crippen LogP contribution in [-0.2, 0) is 24.4 Å². The first-order valence-electron chi connectivity index (χ1n) is 16.7. The van der Waals surface area contributed by atoms with Gasteiger partial charge in [-0.15, -0.1) is 0 Å². The second kappa shape index (κ2) is 17.6.